The van der Waals surface area contributed by atoms with Gasteiger partial charge in [-0.2, -0.15) is 0 Å². The van der Waals surface area contributed by atoms with Crippen molar-refractivity contribution < 1.29 is 13.9 Å². The van der Waals surface area contributed by atoms with E-state index in [1.54, 1.807) is 26.2 Å². The van der Waals surface area contributed by atoms with Crippen molar-refractivity contribution in [2.75, 3.05) is 6.54 Å². The van der Waals surface area contributed by atoms with E-state index in [0.717, 1.165) is 5.56 Å². The van der Waals surface area contributed by atoms with Gasteiger partial charge in [-0.1, -0.05) is 11.6 Å². The molecule has 0 saturated heterocycles. The maximum absolute atomic E-state index is 13.9. The number of rotatable bonds is 3. The number of nitrogens with one attached hydrogen (secondary N) is 1. The summed E-state index contributed by atoms with van der Waals surface area (Å²) >= 11 is 7.32. The quantitative estimate of drug-likeness (QED) is 0.881. The lowest BCUT2D eigenvalue weighted by molar-refractivity contribution is 0.0528. The van der Waals surface area contributed by atoms with E-state index < -0.39 is 11.7 Å². The summed E-state index contributed by atoms with van der Waals surface area (Å²) < 4.78 is 19.6. The third kappa shape index (κ3) is 4.32. The topological polar surface area (TPSA) is 38.3 Å². The van der Waals surface area contributed by atoms with Gasteiger partial charge >= 0.3 is 6.09 Å². The van der Waals surface area contributed by atoms with Gasteiger partial charge < -0.3 is 10.1 Å². The normalized spacial score (nSPS) is 11.7. The minimum Gasteiger partial charge on any atom is -0.444 e. The van der Waals surface area contributed by atoms with Crippen LogP contribution in [0.2, 0.25) is 5.02 Å². The smallest absolute Gasteiger partial charge is 0.407 e. The minimum atomic E-state index is -0.528. The first-order valence-electron chi connectivity index (χ1n) is 6.58. The number of carbonyl (C=O) groups is 1. The summed E-state index contributed by atoms with van der Waals surface area (Å²) in [5, 5.41) is 5.64. The number of amides is 1. The van der Waals surface area contributed by atoms with E-state index in [4.69, 9.17) is 16.3 Å². The van der Waals surface area contributed by atoms with E-state index in [0.29, 0.717) is 28.1 Å². The highest BCUT2D eigenvalue weighted by Gasteiger charge is 2.15. The molecular formula is C15H17ClFNO2S. The van der Waals surface area contributed by atoms with Gasteiger partial charge in [0.25, 0.3) is 0 Å². The van der Waals surface area contributed by atoms with Gasteiger partial charge in [0, 0.05) is 17.3 Å². The predicted octanol–water partition coefficient (Wildman–Crippen LogP) is 4.76. The zero-order chi connectivity index (χ0) is 15.6. The van der Waals surface area contributed by atoms with Crippen LogP contribution in [0.4, 0.5) is 9.18 Å². The number of alkyl carbamates (subject to hydrolysis) is 1. The van der Waals surface area contributed by atoms with Crippen molar-refractivity contribution in [1.82, 2.24) is 5.32 Å². The molecule has 1 amide bonds. The Kier molecular flexibility index (Phi) is 4.74. The summed E-state index contributed by atoms with van der Waals surface area (Å²) in [5.41, 5.74) is 0.260. The molecule has 0 atom stereocenters. The summed E-state index contributed by atoms with van der Waals surface area (Å²) in [5.74, 6) is -0.281. The molecule has 1 aromatic heterocycles. The maximum atomic E-state index is 13.9. The maximum Gasteiger partial charge on any atom is 0.407 e. The zero-order valence-electron chi connectivity index (χ0n) is 12.1. The minimum absolute atomic E-state index is 0.281. The Balaban J connectivity index is 1.98. The number of halogens is 2. The van der Waals surface area contributed by atoms with Crippen molar-refractivity contribution in [2.24, 2.45) is 0 Å². The van der Waals surface area contributed by atoms with E-state index in [9.17, 15) is 9.18 Å². The van der Waals surface area contributed by atoms with Crippen LogP contribution in [0, 0.1) is 5.82 Å². The van der Waals surface area contributed by atoms with Crippen LogP contribution in [0.3, 0.4) is 0 Å². The molecule has 1 aromatic carbocycles. The molecular weight excluding hydrogens is 313 g/mol. The molecule has 0 fully saturated rings. The van der Waals surface area contributed by atoms with E-state index >= 15 is 0 Å². The van der Waals surface area contributed by atoms with Gasteiger partial charge in [-0.25, -0.2) is 9.18 Å². The van der Waals surface area contributed by atoms with Crippen LogP contribution in [-0.4, -0.2) is 18.2 Å². The van der Waals surface area contributed by atoms with Gasteiger partial charge in [0.2, 0.25) is 0 Å². The summed E-state index contributed by atoms with van der Waals surface area (Å²) in [4.78, 5) is 11.5. The number of hydrogen-bond donors (Lipinski definition) is 1. The fraction of sp³-hybridized carbons (Fsp3) is 0.400. The van der Waals surface area contributed by atoms with Crippen LogP contribution in [0.15, 0.2) is 17.5 Å². The molecule has 0 spiro atoms. The van der Waals surface area contributed by atoms with Crippen molar-refractivity contribution >= 4 is 39.1 Å². The molecule has 1 heterocycles. The van der Waals surface area contributed by atoms with Gasteiger partial charge in [-0.3, -0.25) is 0 Å². The number of carbonyl (C=O) groups excluding carboxylic acids is 1. The van der Waals surface area contributed by atoms with Crippen LogP contribution in [0.1, 0.15) is 26.3 Å². The molecule has 0 unspecified atom stereocenters. The number of thiophene rings is 1. The van der Waals surface area contributed by atoms with E-state index in [1.165, 1.54) is 17.4 Å². The molecule has 3 nitrogen and oxygen atoms in total. The van der Waals surface area contributed by atoms with Crippen LogP contribution in [0.5, 0.6) is 0 Å². The summed E-state index contributed by atoms with van der Waals surface area (Å²) in [6.45, 7) is 5.78. The Labute approximate surface area is 132 Å². The van der Waals surface area contributed by atoms with Crippen LogP contribution >= 0.6 is 22.9 Å². The third-order valence-corrected chi connectivity index (χ3v) is 4.17. The molecule has 0 aliphatic carbocycles. The van der Waals surface area contributed by atoms with Crippen molar-refractivity contribution in [2.45, 2.75) is 32.8 Å². The lowest BCUT2D eigenvalue weighted by Gasteiger charge is -2.19. The molecule has 0 aliphatic rings. The second-order valence-electron chi connectivity index (χ2n) is 5.72. The summed E-state index contributed by atoms with van der Waals surface area (Å²) in [6, 6.07) is 3.33. The summed E-state index contributed by atoms with van der Waals surface area (Å²) in [7, 11) is 0. The zero-order valence-corrected chi connectivity index (χ0v) is 13.7. The SMILES string of the molecule is CC(C)(C)OC(=O)NCCc1cc(F)c2scc(Cl)c2c1. The highest BCUT2D eigenvalue weighted by molar-refractivity contribution is 7.17. The highest BCUT2D eigenvalue weighted by atomic mass is 35.5. The summed E-state index contributed by atoms with van der Waals surface area (Å²) in [6.07, 6.45) is 0.0378. The molecule has 0 saturated carbocycles. The monoisotopic (exact) mass is 329 g/mol. The molecule has 6 heteroatoms. The largest absolute Gasteiger partial charge is 0.444 e. The number of ether oxygens (including phenoxy) is 1. The molecule has 114 valence electrons. The van der Waals surface area contributed by atoms with Gasteiger partial charge in [-0.05, 0) is 44.9 Å². The predicted molar refractivity (Wildman–Crippen MR) is 84.7 cm³/mol. The molecule has 2 aromatic rings. The highest BCUT2D eigenvalue weighted by Crippen LogP contribution is 2.32. The first kappa shape index (κ1) is 16.0. The fourth-order valence-corrected chi connectivity index (χ4v) is 3.04. The van der Waals surface area contributed by atoms with Crippen molar-refractivity contribution in [3.63, 3.8) is 0 Å². The Bertz CT molecular complexity index is 663. The van der Waals surface area contributed by atoms with Crippen molar-refractivity contribution in [1.29, 1.82) is 0 Å². The Morgan fingerprint density at radius 3 is 2.81 bits per heavy atom. The lowest BCUT2D eigenvalue weighted by atomic mass is 10.1. The fourth-order valence-electron chi connectivity index (χ4n) is 1.89. The van der Waals surface area contributed by atoms with Gasteiger partial charge in [0.15, 0.2) is 0 Å². The van der Waals surface area contributed by atoms with Crippen LogP contribution in [-0.2, 0) is 11.2 Å². The first-order chi connectivity index (χ1) is 9.76. The standard InChI is InChI=1S/C15H17ClFNO2S/c1-15(2,3)20-14(19)18-5-4-9-6-10-11(16)8-21-13(10)12(17)7-9/h6-8H,4-5H2,1-3H3,(H,18,19). The van der Waals surface area contributed by atoms with Gasteiger partial charge in [0.05, 0.1) is 9.72 Å². The molecule has 0 radical (unpaired) electrons. The molecule has 1 N–H and O–H groups in total. The number of hydrogen-bond acceptors (Lipinski definition) is 3. The molecule has 2 rings (SSSR count). The molecule has 21 heavy (non-hydrogen) atoms. The van der Waals surface area contributed by atoms with Crippen LogP contribution in [0.25, 0.3) is 10.1 Å². The first-order valence-corrected chi connectivity index (χ1v) is 7.84. The van der Waals surface area contributed by atoms with E-state index in [2.05, 4.69) is 5.32 Å². The van der Waals surface area contributed by atoms with E-state index in [-0.39, 0.29) is 5.82 Å². The Morgan fingerprint density at radius 1 is 1.43 bits per heavy atom. The average molecular weight is 330 g/mol. The van der Waals surface area contributed by atoms with Crippen molar-refractivity contribution in [3.8, 4) is 0 Å². The number of benzene rings is 1. The third-order valence-electron chi connectivity index (χ3n) is 2.72. The van der Waals surface area contributed by atoms with Gasteiger partial charge in [-0.15, -0.1) is 11.3 Å². The Hall–Kier alpha value is -1.33. The molecule has 0 bridgehead atoms. The van der Waals surface area contributed by atoms with Crippen molar-refractivity contribution in [3.05, 3.63) is 33.9 Å². The molecule has 0 aliphatic heterocycles. The van der Waals surface area contributed by atoms with E-state index in [1.807, 2.05) is 6.07 Å². The second kappa shape index (κ2) is 6.20. The lowest BCUT2D eigenvalue weighted by Crippen LogP contribution is -2.33. The average Bonchev–Trinajstić information content (AvgIpc) is 2.69. The second-order valence-corrected chi connectivity index (χ2v) is 7.00. The number of fused-ring (bicyclic) bond motifs is 1. The Morgan fingerprint density at radius 2 is 2.14 bits per heavy atom. The van der Waals surface area contributed by atoms with Crippen LogP contribution < -0.4 is 5.32 Å². The van der Waals surface area contributed by atoms with Gasteiger partial charge in [0.1, 0.15) is 11.4 Å².